The fraction of sp³-hybridized carbons (Fsp3) is 0.318. The summed E-state index contributed by atoms with van der Waals surface area (Å²) in [5, 5.41) is 7.05. The highest BCUT2D eigenvalue weighted by Gasteiger charge is 2.19. The Morgan fingerprint density at radius 1 is 1.00 bits per heavy atom. The molecule has 0 fully saturated rings. The van der Waals surface area contributed by atoms with Crippen molar-refractivity contribution in [3.63, 3.8) is 0 Å². The molecule has 4 rings (SSSR count). The van der Waals surface area contributed by atoms with Crippen LogP contribution in [-0.2, 0) is 18.2 Å². The summed E-state index contributed by atoms with van der Waals surface area (Å²) < 4.78 is 7.18. The molecular formula is C22H23N5O3. The highest BCUT2D eigenvalue weighted by Crippen LogP contribution is 2.21. The van der Waals surface area contributed by atoms with Gasteiger partial charge in [-0.05, 0) is 43.5 Å². The van der Waals surface area contributed by atoms with E-state index in [4.69, 9.17) is 4.74 Å². The number of anilines is 1. The molecule has 1 N–H and O–H groups in total. The minimum absolute atomic E-state index is 0.120. The van der Waals surface area contributed by atoms with Gasteiger partial charge in [0.2, 0.25) is 0 Å². The van der Waals surface area contributed by atoms with Gasteiger partial charge in [0.15, 0.2) is 11.5 Å². The number of hydrogen-bond donors (Lipinski definition) is 1. The van der Waals surface area contributed by atoms with Gasteiger partial charge in [-0.25, -0.2) is 0 Å². The number of nitrogens with one attached hydrogen (secondary N) is 1. The first-order valence-corrected chi connectivity index (χ1v) is 9.97. The Labute approximate surface area is 174 Å². The molecule has 0 aromatic carbocycles. The monoisotopic (exact) mass is 405 g/mol. The number of carbonyl (C=O) groups excluding carboxylic acids is 2. The molecule has 30 heavy (non-hydrogen) atoms. The minimum atomic E-state index is -0.320. The lowest BCUT2D eigenvalue weighted by Gasteiger charge is -2.09. The first kappa shape index (κ1) is 19.9. The molecular weight excluding hydrogens is 382 g/mol. The third kappa shape index (κ3) is 4.60. The average molecular weight is 405 g/mol. The van der Waals surface area contributed by atoms with Gasteiger partial charge >= 0.3 is 0 Å². The smallest absolute Gasteiger partial charge is 0.255 e. The number of ether oxygens (including phenoxy) is 1. The van der Waals surface area contributed by atoms with Gasteiger partial charge in [0.05, 0.1) is 11.4 Å². The van der Waals surface area contributed by atoms with Gasteiger partial charge in [-0.2, -0.15) is 5.10 Å². The molecule has 3 aromatic heterocycles. The number of rotatable bonds is 0. The summed E-state index contributed by atoms with van der Waals surface area (Å²) in [6, 6.07) is 7.25. The van der Waals surface area contributed by atoms with E-state index in [0.717, 1.165) is 24.1 Å². The molecule has 0 saturated carbocycles. The fourth-order valence-corrected chi connectivity index (χ4v) is 3.39. The maximum atomic E-state index is 12.9. The highest BCUT2D eigenvalue weighted by atomic mass is 16.5. The van der Waals surface area contributed by atoms with Crippen LogP contribution < -0.4 is 5.32 Å². The number of carbonyl (C=O) groups is 2. The van der Waals surface area contributed by atoms with Gasteiger partial charge < -0.3 is 10.1 Å². The van der Waals surface area contributed by atoms with Crippen LogP contribution in [0.5, 0.6) is 0 Å². The number of hydrogen-bond acceptors (Lipinski definition) is 6. The lowest BCUT2D eigenvalue weighted by Crippen LogP contribution is -2.15. The molecule has 0 radical (unpaired) electrons. The van der Waals surface area contributed by atoms with E-state index in [1.807, 2.05) is 12.1 Å². The molecule has 0 saturated heterocycles. The largest absolute Gasteiger partial charge is 0.381 e. The molecule has 1 amide bonds. The highest BCUT2D eigenvalue weighted by molar-refractivity contribution is 6.08. The molecule has 1 aliphatic rings. The van der Waals surface area contributed by atoms with E-state index in [0.29, 0.717) is 43.0 Å². The maximum Gasteiger partial charge on any atom is 0.255 e. The Kier molecular flexibility index (Phi) is 5.94. The van der Waals surface area contributed by atoms with Gasteiger partial charge in [0.25, 0.3) is 5.91 Å². The first-order chi connectivity index (χ1) is 14.6. The molecule has 3 aromatic rings. The van der Waals surface area contributed by atoms with Crippen molar-refractivity contribution in [3.8, 4) is 11.3 Å². The van der Waals surface area contributed by atoms with E-state index in [-0.39, 0.29) is 17.4 Å². The maximum absolute atomic E-state index is 12.9. The molecule has 0 spiro atoms. The van der Waals surface area contributed by atoms with Crippen molar-refractivity contribution in [3.05, 3.63) is 59.8 Å². The normalized spacial score (nSPS) is 15.6. The number of pyridine rings is 2. The Morgan fingerprint density at radius 2 is 1.77 bits per heavy atom. The van der Waals surface area contributed by atoms with Crippen LogP contribution in [0.25, 0.3) is 11.3 Å². The summed E-state index contributed by atoms with van der Waals surface area (Å²) in [6.07, 6.45) is 7.52. The minimum Gasteiger partial charge on any atom is -0.381 e. The molecule has 154 valence electrons. The lowest BCUT2D eigenvalue weighted by atomic mass is 10.1. The second-order valence-corrected chi connectivity index (χ2v) is 7.23. The van der Waals surface area contributed by atoms with Crippen molar-refractivity contribution >= 4 is 17.4 Å². The molecule has 4 heterocycles. The quantitative estimate of drug-likeness (QED) is 0.617. The second kappa shape index (κ2) is 8.96. The number of amides is 1. The van der Waals surface area contributed by atoms with E-state index in [2.05, 4.69) is 20.4 Å². The van der Waals surface area contributed by atoms with Crippen molar-refractivity contribution in [2.24, 2.45) is 7.05 Å². The second-order valence-electron chi connectivity index (χ2n) is 7.23. The summed E-state index contributed by atoms with van der Waals surface area (Å²) in [7, 11) is 1.72. The van der Waals surface area contributed by atoms with Crippen LogP contribution >= 0.6 is 0 Å². The van der Waals surface area contributed by atoms with Crippen molar-refractivity contribution in [2.75, 3.05) is 18.5 Å². The van der Waals surface area contributed by atoms with E-state index < -0.39 is 0 Å². The predicted molar refractivity (Wildman–Crippen MR) is 111 cm³/mol. The zero-order valence-corrected chi connectivity index (χ0v) is 16.8. The van der Waals surface area contributed by atoms with Crippen molar-refractivity contribution < 1.29 is 14.3 Å². The van der Waals surface area contributed by atoms with Crippen LogP contribution in [-0.4, -0.2) is 44.7 Å². The molecule has 0 unspecified atom stereocenters. The van der Waals surface area contributed by atoms with E-state index in [1.165, 1.54) is 4.68 Å². The van der Waals surface area contributed by atoms with Gasteiger partial charge in [0.1, 0.15) is 0 Å². The number of aryl methyl sites for hydroxylation is 2. The Morgan fingerprint density at radius 3 is 2.63 bits per heavy atom. The summed E-state index contributed by atoms with van der Waals surface area (Å²) >= 11 is 0. The zero-order valence-electron chi connectivity index (χ0n) is 16.8. The van der Waals surface area contributed by atoms with Crippen molar-refractivity contribution in [1.82, 2.24) is 19.7 Å². The summed E-state index contributed by atoms with van der Waals surface area (Å²) in [5.74, 6) is -0.440. The standard InChI is InChI=1S/C22H23N5O3/c1-27-14-19-21(26-27)20(28)5-3-11-30-10-2-4-17-12-15(6-8-23-17)18-13-16(7-9-24-18)22(29)25-19/h6-9,12-14H,2-5,10-11H2,1H3,(H,25,29). The third-order valence-electron chi connectivity index (χ3n) is 4.89. The van der Waals surface area contributed by atoms with Crippen LogP contribution in [0.4, 0.5) is 5.69 Å². The SMILES string of the molecule is Cn1cc2c(n1)C(=O)CCCOCCCc1cc(ccn1)-c1cc(ccn1)C(=O)N2. The number of ketones is 1. The molecule has 8 nitrogen and oxygen atoms in total. The van der Waals surface area contributed by atoms with Crippen LogP contribution in [0.1, 0.15) is 45.8 Å². The van der Waals surface area contributed by atoms with E-state index >= 15 is 0 Å². The van der Waals surface area contributed by atoms with Crippen molar-refractivity contribution in [1.29, 1.82) is 0 Å². The Hall–Kier alpha value is -3.39. The van der Waals surface area contributed by atoms with Crippen LogP contribution in [0.2, 0.25) is 0 Å². The fourth-order valence-electron chi connectivity index (χ4n) is 3.39. The number of nitrogens with zero attached hydrogens (tertiary/aromatic N) is 4. The summed E-state index contributed by atoms with van der Waals surface area (Å²) in [4.78, 5) is 34.3. The first-order valence-electron chi connectivity index (χ1n) is 9.97. The number of aromatic nitrogens is 4. The topological polar surface area (TPSA) is 99.0 Å². The number of fused-ring (bicyclic) bond motifs is 6. The number of Topliss-reactive ketones (excluding diaryl/α,β-unsaturated/α-hetero) is 1. The van der Waals surface area contributed by atoms with Gasteiger partial charge in [0, 0.05) is 62.1 Å². The summed E-state index contributed by atoms with van der Waals surface area (Å²) in [5.41, 5.74) is 3.65. The Bertz CT molecular complexity index is 1080. The van der Waals surface area contributed by atoms with Crippen LogP contribution in [0.15, 0.2) is 42.9 Å². The third-order valence-corrected chi connectivity index (χ3v) is 4.89. The lowest BCUT2D eigenvalue weighted by molar-refractivity contribution is 0.0931. The average Bonchev–Trinajstić information content (AvgIpc) is 3.12. The molecule has 8 heteroatoms. The van der Waals surface area contributed by atoms with Crippen LogP contribution in [0.3, 0.4) is 0 Å². The van der Waals surface area contributed by atoms with Gasteiger partial charge in [-0.15, -0.1) is 0 Å². The van der Waals surface area contributed by atoms with E-state index in [9.17, 15) is 9.59 Å². The Balaban J connectivity index is 1.68. The van der Waals surface area contributed by atoms with Crippen LogP contribution in [0, 0.1) is 0 Å². The van der Waals surface area contributed by atoms with Gasteiger partial charge in [-0.1, -0.05) is 0 Å². The van der Waals surface area contributed by atoms with Gasteiger partial charge in [-0.3, -0.25) is 24.2 Å². The molecule has 1 aliphatic heterocycles. The van der Waals surface area contributed by atoms with E-state index in [1.54, 1.807) is 37.8 Å². The summed E-state index contributed by atoms with van der Waals surface area (Å²) in [6.45, 7) is 1.11. The van der Waals surface area contributed by atoms with Crippen molar-refractivity contribution in [2.45, 2.75) is 25.7 Å². The predicted octanol–water partition coefficient (Wildman–Crippen LogP) is 3.06. The molecule has 0 aliphatic carbocycles. The molecule has 0 atom stereocenters. The molecule has 4 bridgehead atoms. The zero-order chi connectivity index (χ0) is 20.9.